The Hall–Kier alpha value is -2.40. The molecular formula is C19H19F9O3. The molecule has 12 heteroatoms. The largest absolute Gasteiger partial charge is 0.471 e. The third-order valence-corrected chi connectivity index (χ3v) is 4.01. The van der Waals surface area contributed by atoms with Gasteiger partial charge in [0.15, 0.2) is 0 Å². The van der Waals surface area contributed by atoms with Gasteiger partial charge in [0.25, 0.3) is 0 Å². The summed E-state index contributed by atoms with van der Waals surface area (Å²) in [4.78, 5) is 11.9. The average molecular weight is 466 g/mol. The molecule has 0 bridgehead atoms. The van der Waals surface area contributed by atoms with E-state index in [0.29, 0.717) is 12.1 Å². The van der Waals surface area contributed by atoms with E-state index >= 15 is 0 Å². The third-order valence-electron chi connectivity index (χ3n) is 4.01. The molecule has 0 saturated heterocycles. The fourth-order valence-corrected chi connectivity index (χ4v) is 2.16. The SMILES string of the molecule is CC=CCCC(C)COC(=O)c1ccc(OC(F)(F)C(F)(F)C(F)(F)C(F)(F)F)cc1. The lowest BCUT2D eigenvalue weighted by atomic mass is 10.1. The van der Waals surface area contributed by atoms with E-state index in [0.717, 1.165) is 25.0 Å². The maximum absolute atomic E-state index is 13.5. The molecule has 1 aromatic carbocycles. The van der Waals surface area contributed by atoms with E-state index in [4.69, 9.17) is 4.74 Å². The second-order valence-corrected chi connectivity index (χ2v) is 6.64. The van der Waals surface area contributed by atoms with Gasteiger partial charge in [-0.15, -0.1) is 0 Å². The predicted molar refractivity (Wildman–Crippen MR) is 91.5 cm³/mol. The highest BCUT2D eigenvalue weighted by Gasteiger charge is 2.83. The van der Waals surface area contributed by atoms with Crippen LogP contribution in [0, 0.1) is 5.92 Å². The molecule has 0 aliphatic heterocycles. The molecule has 0 aliphatic rings. The predicted octanol–water partition coefficient (Wildman–Crippen LogP) is 6.64. The number of esters is 1. The number of halogens is 9. The number of benzene rings is 1. The smallest absolute Gasteiger partial charge is 0.462 e. The summed E-state index contributed by atoms with van der Waals surface area (Å²) in [5.41, 5.74) is -0.205. The van der Waals surface area contributed by atoms with Crippen molar-refractivity contribution >= 4 is 5.97 Å². The first kappa shape index (κ1) is 26.6. The zero-order valence-electron chi connectivity index (χ0n) is 16.3. The van der Waals surface area contributed by atoms with Crippen LogP contribution in [0.15, 0.2) is 36.4 Å². The van der Waals surface area contributed by atoms with Gasteiger partial charge in [0.1, 0.15) is 5.75 Å². The Morgan fingerprint density at radius 3 is 2.00 bits per heavy atom. The number of hydrogen-bond acceptors (Lipinski definition) is 3. The van der Waals surface area contributed by atoms with Gasteiger partial charge < -0.3 is 9.47 Å². The average Bonchev–Trinajstić information content (AvgIpc) is 2.65. The van der Waals surface area contributed by atoms with Crippen molar-refractivity contribution in [1.82, 2.24) is 0 Å². The minimum absolute atomic E-state index is 0.000944. The second-order valence-electron chi connectivity index (χ2n) is 6.64. The van der Waals surface area contributed by atoms with E-state index in [-0.39, 0.29) is 18.1 Å². The number of rotatable bonds is 10. The van der Waals surface area contributed by atoms with Gasteiger partial charge in [-0.1, -0.05) is 19.1 Å². The van der Waals surface area contributed by atoms with E-state index in [9.17, 15) is 44.3 Å². The van der Waals surface area contributed by atoms with Crippen LogP contribution in [0.3, 0.4) is 0 Å². The van der Waals surface area contributed by atoms with Gasteiger partial charge in [-0.3, -0.25) is 0 Å². The normalized spacial score (nSPS) is 14.5. The van der Waals surface area contributed by atoms with E-state index in [1.165, 1.54) is 0 Å². The highest BCUT2D eigenvalue weighted by Crippen LogP contribution is 2.53. The molecule has 31 heavy (non-hydrogen) atoms. The van der Waals surface area contributed by atoms with Crippen LogP contribution in [-0.2, 0) is 4.74 Å². The topological polar surface area (TPSA) is 35.5 Å². The van der Waals surface area contributed by atoms with E-state index in [1.807, 2.05) is 26.0 Å². The Morgan fingerprint density at radius 2 is 1.52 bits per heavy atom. The standard InChI is InChI=1S/C19H19F9O3/c1-3-4-5-6-12(2)11-30-15(29)13-7-9-14(10-8-13)31-19(27,28)17(22,23)16(20,21)18(24,25)26/h3-4,7-10,12H,5-6,11H2,1-2H3. The maximum Gasteiger partial charge on any atom is 0.471 e. The molecule has 0 saturated carbocycles. The van der Waals surface area contributed by atoms with E-state index in [1.54, 1.807) is 0 Å². The third kappa shape index (κ3) is 6.30. The first-order valence-corrected chi connectivity index (χ1v) is 8.84. The fraction of sp³-hybridized carbons (Fsp3) is 0.526. The van der Waals surface area contributed by atoms with Gasteiger partial charge in [-0.05, 0) is 49.9 Å². The molecule has 1 atom stereocenters. The maximum atomic E-state index is 13.5. The van der Waals surface area contributed by atoms with Crippen molar-refractivity contribution in [2.45, 2.75) is 50.8 Å². The molecule has 0 radical (unpaired) electrons. The van der Waals surface area contributed by atoms with Crippen molar-refractivity contribution in [1.29, 1.82) is 0 Å². The summed E-state index contributed by atoms with van der Waals surface area (Å²) in [7, 11) is 0. The van der Waals surface area contributed by atoms with Crippen LogP contribution in [0.5, 0.6) is 5.75 Å². The van der Waals surface area contributed by atoms with Gasteiger partial charge in [-0.25, -0.2) is 4.79 Å². The van der Waals surface area contributed by atoms with Crippen LogP contribution < -0.4 is 4.74 Å². The Bertz CT molecular complexity index is 756. The number of hydrogen-bond donors (Lipinski definition) is 0. The van der Waals surface area contributed by atoms with Gasteiger partial charge in [0, 0.05) is 0 Å². The number of carbonyl (C=O) groups excluding carboxylic acids is 1. The Labute approximate surface area is 171 Å². The molecule has 1 rings (SSSR count). The Kier molecular flexibility index (Phi) is 8.44. The van der Waals surface area contributed by atoms with Crippen molar-refractivity contribution in [2.75, 3.05) is 6.61 Å². The fourth-order valence-electron chi connectivity index (χ4n) is 2.16. The van der Waals surface area contributed by atoms with E-state index in [2.05, 4.69) is 4.74 Å². The van der Waals surface area contributed by atoms with Gasteiger partial charge >= 0.3 is 30.1 Å². The number of alkyl halides is 9. The highest BCUT2D eigenvalue weighted by molar-refractivity contribution is 5.89. The summed E-state index contributed by atoms with van der Waals surface area (Å²) < 4.78 is 124. The van der Waals surface area contributed by atoms with Crippen LogP contribution in [0.1, 0.15) is 37.0 Å². The van der Waals surface area contributed by atoms with Crippen LogP contribution in [0.4, 0.5) is 39.5 Å². The Morgan fingerprint density at radius 1 is 0.968 bits per heavy atom. The van der Waals surface area contributed by atoms with Gasteiger partial charge in [0.2, 0.25) is 0 Å². The molecule has 0 amide bonds. The summed E-state index contributed by atoms with van der Waals surface area (Å²) in [5, 5.41) is 0. The number of ether oxygens (including phenoxy) is 2. The molecule has 0 N–H and O–H groups in total. The molecule has 176 valence electrons. The quantitative estimate of drug-likeness (QED) is 0.220. The van der Waals surface area contributed by atoms with Gasteiger partial charge in [-0.2, -0.15) is 39.5 Å². The lowest BCUT2D eigenvalue weighted by molar-refractivity contribution is -0.428. The molecule has 0 aromatic heterocycles. The molecule has 0 aliphatic carbocycles. The van der Waals surface area contributed by atoms with E-state index < -0.39 is 35.8 Å². The lowest BCUT2D eigenvalue weighted by Gasteiger charge is -2.33. The Balaban J connectivity index is 2.82. The van der Waals surface area contributed by atoms with Crippen LogP contribution in [0.25, 0.3) is 0 Å². The highest BCUT2D eigenvalue weighted by atomic mass is 19.4. The minimum Gasteiger partial charge on any atom is -0.462 e. The van der Waals surface area contributed by atoms with Crippen LogP contribution in [-0.4, -0.2) is 36.7 Å². The van der Waals surface area contributed by atoms with Crippen molar-refractivity contribution in [3.63, 3.8) is 0 Å². The monoisotopic (exact) mass is 466 g/mol. The van der Waals surface area contributed by atoms with Crippen LogP contribution in [0.2, 0.25) is 0 Å². The zero-order valence-corrected chi connectivity index (χ0v) is 16.3. The minimum atomic E-state index is -7.06. The van der Waals surface area contributed by atoms with Crippen molar-refractivity contribution < 1.29 is 53.8 Å². The zero-order chi connectivity index (χ0) is 24.1. The number of carbonyl (C=O) groups is 1. The molecule has 1 unspecified atom stereocenters. The van der Waals surface area contributed by atoms with Crippen molar-refractivity contribution in [3.05, 3.63) is 42.0 Å². The summed E-state index contributed by atoms with van der Waals surface area (Å²) in [6.07, 6.45) is -7.91. The molecule has 0 spiro atoms. The molecule has 3 nitrogen and oxygen atoms in total. The first-order chi connectivity index (χ1) is 14.1. The van der Waals surface area contributed by atoms with Crippen LogP contribution >= 0.6 is 0 Å². The summed E-state index contributed by atoms with van der Waals surface area (Å²) in [6, 6.07) is 2.67. The van der Waals surface area contributed by atoms with Gasteiger partial charge in [0.05, 0.1) is 12.2 Å². The lowest BCUT2D eigenvalue weighted by Crippen LogP contribution is -2.62. The summed E-state index contributed by atoms with van der Waals surface area (Å²) in [5.74, 6) is -16.0. The second kappa shape index (κ2) is 9.82. The summed E-state index contributed by atoms with van der Waals surface area (Å²) >= 11 is 0. The number of allylic oxidation sites excluding steroid dienone is 2. The molecule has 1 aromatic rings. The first-order valence-electron chi connectivity index (χ1n) is 8.84. The van der Waals surface area contributed by atoms with Crippen molar-refractivity contribution in [3.8, 4) is 5.75 Å². The summed E-state index contributed by atoms with van der Waals surface area (Å²) in [6.45, 7) is 3.69. The molecular weight excluding hydrogens is 447 g/mol. The molecule has 0 fully saturated rings. The molecule has 0 heterocycles. The van der Waals surface area contributed by atoms with Crippen molar-refractivity contribution in [2.24, 2.45) is 5.92 Å².